The van der Waals surface area contributed by atoms with E-state index in [1.54, 1.807) is 6.07 Å². The number of rotatable bonds is 11. The van der Waals surface area contributed by atoms with E-state index >= 15 is 8.78 Å². The summed E-state index contributed by atoms with van der Waals surface area (Å²) in [7, 11) is 0.0355. The molecule has 0 radical (unpaired) electrons. The van der Waals surface area contributed by atoms with E-state index in [2.05, 4.69) is 62.3 Å². The first-order valence-electron chi connectivity index (χ1n) is 20.1. The van der Waals surface area contributed by atoms with Gasteiger partial charge in [0.2, 0.25) is 5.88 Å². The Kier molecular flexibility index (Phi) is 11.8. The highest BCUT2D eigenvalue weighted by molar-refractivity contribution is 6.76. The zero-order valence-electron chi connectivity index (χ0n) is 34.3. The molecule has 2 aromatic carbocycles. The number of piperazine rings is 1. The van der Waals surface area contributed by atoms with Gasteiger partial charge in [0.25, 0.3) is 5.92 Å². The minimum atomic E-state index is -3.24. The van der Waals surface area contributed by atoms with Crippen molar-refractivity contribution in [3.05, 3.63) is 82.5 Å². The molecule has 4 aromatic rings. The number of carbonyl (C=O) groups excluding carboxylic acids is 1. The summed E-state index contributed by atoms with van der Waals surface area (Å²) in [5.74, 6) is -3.77. The predicted octanol–water partition coefficient (Wildman–Crippen LogP) is 10.1. The molecular formula is C44H56ClF2N5O4Si. The molecule has 1 fully saturated rings. The lowest BCUT2D eigenvalue weighted by molar-refractivity contribution is -0.0286. The second-order valence-electron chi connectivity index (χ2n) is 17.8. The molecule has 57 heavy (non-hydrogen) atoms. The van der Waals surface area contributed by atoms with Gasteiger partial charge in [0, 0.05) is 69.2 Å². The highest BCUT2D eigenvalue weighted by Gasteiger charge is 2.40. The first kappa shape index (κ1) is 41.2. The third-order valence-corrected chi connectivity index (χ3v) is 13.7. The monoisotopic (exact) mass is 819 g/mol. The van der Waals surface area contributed by atoms with Crippen molar-refractivity contribution in [2.75, 3.05) is 62.8 Å². The van der Waals surface area contributed by atoms with E-state index < -0.39 is 33.1 Å². The third kappa shape index (κ3) is 9.35. The molecule has 2 aliphatic heterocycles. The second-order valence-corrected chi connectivity index (χ2v) is 23.9. The highest BCUT2D eigenvalue weighted by atomic mass is 35.5. The Labute approximate surface area is 341 Å². The van der Waals surface area contributed by atoms with E-state index in [4.69, 9.17) is 30.8 Å². The van der Waals surface area contributed by atoms with Gasteiger partial charge >= 0.3 is 5.97 Å². The van der Waals surface area contributed by atoms with Crippen molar-refractivity contribution in [2.45, 2.75) is 84.4 Å². The Morgan fingerprint density at radius 2 is 1.75 bits per heavy atom. The summed E-state index contributed by atoms with van der Waals surface area (Å²) in [6.07, 6.45) is 5.10. The molecule has 0 bridgehead atoms. The van der Waals surface area contributed by atoms with Crippen molar-refractivity contribution in [1.82, 2.24) is 14.5 Å². The van der Waals surface area contributed by atoms with Crippen LogP contribution < -0.4 is 14.5 Å². The fourth-order valence-corrected chi connectivity index (χ4v) is 9.18. The van der Waals surface area contributed by atoms with Crippen LogP contribution in [-0.4, -0.2) is 93.5 Å². The van der Waals surface area contributed by atoms with Crippen LogP contribution in [0.15, 0.2) is 66.4 Å². The maximum Gasteiger partial charge on any atom is 0.339 e. The summed E-state index contributed by atoms with van der Waals surface area (Å²) in [5.41, 5.74) is 6.67. The van der Waals surface area contributed by atoms with Crippen molar-refractivity contribution < 1.29 is 27.8 Å². The SMILES string of the molecule is COC(=O)c1ccc(N2CCN(C(C)C3=C(c4ccc(Cl)cc4)CC(C)(C)CC3)CC2)cc1N1CC(F)(F)COc2nc3c(ccn3COCC[Si](C)(C)C)cc21. The van der Waals surface area contributed by atoms with Crippen LogP contribution >= 0.6 is 11.6 Å². The van der Waals surface area contributed by atoms with Gasteiger partial charge in [-0.15, -0.1) is 0 Å². The van der Waals surface area contributed by atoms with Gasteiger partial charge in [0.1, 0.15) is 18.1 Å². The number of nitrogens with zero attached hydrogens (tertiary/aromatic N) is 5. The van der Waals surface area contributed by atoms with Gasteiger partial charge in [-0.25, -0.2) is 13.6 Å². The summed E-state index contributed by atoms with van der Waals surface area (Å²) in [6.45, 7) is 16.4. The molecule has 0 amide bonds. The van der Waals surface area contributed by atoms with Crippen molar-refractivity contribution in [2.24, 2.45) is 5.41 Å². The minimum absolute atomic E-state index is 0.0731. The van der Waals surface area contributed by atoms with E-state index in [1.165, 1.54) is 28.7 Å². The van der Waals surface area contributed by atoms with Crippen molar-refractivity contribution in [3.8, 4) is 5.88 Å². The van der Waals surface area contributed by atoms with Gasteiger partial charge in [-0.05, 0) is 96.8 Å². The zero-order chi connectivity index (χ0) is 40.7. The van der Waals surface area contributed by atoms with Gasteiger partial charge in [-0.1, -0.05) is 57.2 Å². The van der Waals surface area contributed by atoms with E-state index in [1.807, 2.05) is 47.2 Å². The molecule has 0 spiro atoms. The number of allylic oxidation sites excluding steroid dienone is 1. The Morgan fingerprint density at radius 3 is 2.46 bits per heavy atom. The molecule has 1 aliphatic carbocycles. The Balaban J connectivity index is 1.16. The van der Waals surface area contributed by atoms with Crippen LogP contribution in [0.2, 0.25) is 30.7 Å². The quantitative estimate of drug-likeness (QED) is 0.0842. The smallest absolute Gasteiger partial charge is 0.339 e. The standard InChI is InChI=1S/C44H56ClF2N5O4Si/c1-30(35-14-16-43(2,3)26-37(35)31-8-10-33(45)11-9-31)49-18-20-50(21-19-49)34-12-13-36(42(53)54-4)38(25-34)52-27-44(46,47)28-56-41-39(52)24-32-15-17-51(40(32)48-41)29-55-22-23-57(5,6)7/h8-13,15,17,24-25,30H,14,16,18-23,26-29H2,1-7H3. The van der Waals surface area contributed by atoms with Gasteiger partial charge in [0.05, 0.1) is 24.9 Å². The first-order chi connectivity index (χ1) is 27.0. The molecule has 306 valence electrons. The first-order valence-corrected chi connectivity index (χ1v) is 24.1. The average Bonchev–Trinajstić information content (AvgIpc) is 3.51. The largest absolute Gasteiger partial charge is 0.470 e. The number of pyridine rings is 1. The topological polar surface area (TPSA) is 72.3 Å². The van der Waals surface area contributed by atoms with E-state index in [0.29, 0.717) is 30.4 Å². The highest BCUT2D eigenvalue weighted by Crippen LogP contribution is 2.46. The summed E-state index contributed by atoms with van der Waals surface area (Å²) < 4.78 is 50.0. The van der Waals surface area contributed by atoms with Crippen molar-refractivity contribution >= 4 is 59.3 Å². The molecule has 1 atom stereocenters. The van der Waals surface area contributed by atoms with E-state index in [-0.39, 0.29) is 22.9 Å². The number of anilines is 3. The molecule has 3 aliphatic rings. The van der Waals surface area contributed by atoms with Gasteiger partial charge < -0.3 is 28.6 Å². The number of methoxy groups -OCH3 is 1. The maximum absolute atomic E-state index is 15.6. The minimum Gasteiger partial charge on any atom is -0.470 e. The van der Waals surface area contributed by atoms with Gasteiger partial charge in [-0.3, -0.25) is 4.90 Å². The molecule has 1 unspecified atom stereocenters. The molecule has 13 heteroatoms. The van der Waals surface area contributed by atoms with Crippen LogP contribution in [0.3, 0.4) is 0 Å². The average molecular weight is 820 g/mol. The van der Waals surface area contributed by atoms with Crippen LogP contribution in [0.5, 0.6) is 5.88 Å². The van der Waals surface area contributed by atoms with Crippen molar-refractivity contribution in [3.63, 3.8) is 0 Å². The van der Waals surface area contributed by atoms with Crippen LogP contribution in [0, 0.1) is 5.41 Å². The van der Waals surface area contributed by atoms with Crippen molar-refractivity contribution in [1.29, 1.82) is 0 Å². The number of halogens is 3. The number of fused-ring (bicyclic) bond motifs is 2. The van der Waals surface area contributed by atoms with Gasteiger partial charge in [-0.2, -0.15) is 4.98 Å². The molecule has 0 N–H and O–H groups in total. The number of alkyl halides is 2. The van der Waals surface area contributed by atoms with Crippen LogP contribution in [-0.2, 0) is 16.2 Å². The van der Waals surface area contributed by atoms with E-state index in [9.17, 15) is 4.79 Å². The summed E-state index contributed by atoms with van der Waals surface area (Å²) in [4.78, 5) is 24.3. The number of esters is 1. The fourth-order valence-electron chi connectivity index (χ4n) is 8.30. The second kappa shape index (κ2) is 16.3. The fraction of sp³-hybridized carbons (Fsp3) is 0.500. The lowest BCUT2D eigenvalue weighted by atomic mass is 9.71. The zero-order valence-corrected chi connectivity index (χ0v) is 36.1. The number of benzene rings is 2. The lowest BCUT2D eigenvalue weighted by Crippen LogP contribution is -2.50. The molecule has 0 saturated carbocycles. The number of carbonyl (C=O) groups is 1. The predicted molar refractivity (Wildman–Crippen MR) is 228 cm³/mol. The summed E-state index contributed by atoms with van der Waals surface area (Å²) in [6, 6.07) is 18.6. The van der Waals surface area contributed by atoms with Crippen LogP contribution in [0.25, 0.3) is 16.6 Å². The normalized spacial score (nSPS) is 19.3. The number of ether oxygens (including phenoxy) is 3. The molecule has 9 nitrogen and oxygen atoms in total. The Bertz CT molecular complexity index is 2130. The molecule has 2 aromatic heterocycles. The summed E-state index contributed by atoms with van der Waals surface area (Å²) in [5, 5.41) is 1.49. The number of hydrogen-bond donors (Lipinski definition) is 0. The van der Waals surface area contributed by atoms with Crippen LogP contribution in [0.4, 0.5) is 25.8 Å². The lowest BCUT2D eigenvalue weighted by Gasteiger charge is -2.43. The molecule has 7 rings (SSSR count). The molecular weight excluding hydrogens is 764 g/mol. The molecule has 4 heterocycles. The Hall–Kier alpha value is -3.97. The maximum atomic E-state index is 15.6. The van der Waals surface area contributed by atoms with Crippen LogP contribution in [0.1, 0.15) is 56.0 Å². The third-order valence-electron chi connectivity index (χ3n) is 11.7. The Morgan fingerprint density at radius 1 is 1.02 bits per heavy atom. The molecule has 1 saturated heterocycles. The summed E-state index contributed by atoms with van der Waals surface area (Å²) >= 11 is 6.27. The number of hydrogen-bond acceptors (Lipinski definition) is 8. The number of aromatic nitrogens is 2. The van der Waals surface area contributed by atoms with E-state index in [0.717, 1.165) is 67.6 Å². The van der Waals surface area contributed by atoms with Gasteiger partial charge in [0.15, 0.2) is 6.61 Å².